The number of hydrogen-bond donors (Lipinski definition) is 1. The van der Waals surface area contributed by atoms with Crippen LogP contribution in [0.15, 0.2) is 91.0 Å². The summed E-state index contributed by atoms with van der Waals surface area (Å²) in [6.07, 6.45) is 1.15. The fourth-order valence-electron chi connectivity index (χ4n) is 4.26. The molecule has 0 amide bonds. The molecule has 0 saturated carbocycles. The van der Waals surface area contributed by atoms with Crippen LogP contribution in [-0.4, -0.2) is 46.7 Å². The van der Waals surface area contributed by atoms with Gasteiger partial charge >= 0.3 is 0 Å². The maximum Gasteiger partial charge on any atom is 0.300 e. The van der Waals surface area contributed by atoms with Crippen LogP contribution >= 0.6 is 7.26 Å². The summed E-state index contributed by atoms with van der Waals surface area (Å²) < 4.78 is 0. The van der Waals surface area contributed by atoms with Crippen molar-refractivity contribution in [1.82, 2.24) is 4.90 Å². The average molecular weight is 510 g/mol. The fraction of sp³-hybridized carbons (Fsp3) is 0.333. The standard InChI is InChI=1S/C26H33NP.2C2H4O2/c1-22(2)27(23(3)4)20-21-28(24-14-8-5-9-15-24,25-16-10-6-11-17-25)26-18-12-7-13-19-26;2*1-2(3)4/h5-19,22-23H,20-21H2,1-4H3;2*1H3,(H,3,4)/q+1;;/p-1. The molecule has 36 heavy (non-hydrogen) atoms. The lowest BCUT2D eigenvalue weighted by Gasteiger charge is -2.34. The molecule has 0 bridgehead atoms. The quantitative estimate of drug-likeness (QED) is 0.465. The molecule has 0 aromatic heterocycles. The van der Waals surface area contributed by atoms with E-state index in [1.54, 1.807) is 0 Å². The van der Waals surface area contributed by atoms with Gasteiger partial charge in [-0.05, 0) is 71.0 Å². The molecular weight excluding hydrogens is 469 g/mol. The third-order valence-electron chi connectivity index (χ3n) is 5.61. The smallest absolute Gasteiger partial charge is 0.300 e. The van der Waals surface area contributed by atoms with Crippen molar-refractivity contribution in [1.29, 1.82) is 0 Å². The molecule has 0 atom stereocenters. The van der Waals surface area contributed by atoms with Gasteiger partial charge in [-0.25, -0.2) is 0 Å². The van der Waals surface area contributed by atoms with Gasteiger partial charge in [-0.1, -0.05) is 54.6 Å². The van der Waals surface area contributed by atoms with Gasteiger partial charge in [-0.3, -0.25) is 9.69 Å². The summed E-state index contributed by atoms with van der Waals surface area (Å²) in [4.78, 5) is 20.5. The lowest BCUT2D eigenvalue weighted by Crippen LogP contribution is -2.43. The van der Waals surface area contributed by atoms with Crippen molar-refractivity contribution < 1.29 is 19.8 Å². The lowest BCUT2D eigenvalue weighted by molar-refractivity contribution is -0.302. The number of carbonyl (C=O) groups excluding carboxylic acids is 1. The number of aliphatic carboxylic acids is 2. The molecular formula is C30H40NO4P. The highest BCUT2D eigenvalue weighted by Crippen LogP contribution is 2.55. The van der Waals surface area contributed by atoms with Crippen LogP contribution in [0, 0.1) is 0 Å². The Kier molecular flexibility index (Phi) is 13.7. The first-order valence-electron chi connectivity index (χ1n) is 12.2. The molecule has 0 unspecified atom stereocenters. The van der Waals surface area contributed by atoms with Crippen molar-refractivity contribution in [3.63, 3.8) is 0 Å². The summed E-state index contributed by atoms with van der Waals surface area (Å²) >= 11 is 0. The van der Waals surface area contributed by atoms with E-state index < -0.39 is 19.2 Å². The van der Waals surface area contributed by atoms with Crippen LogP contribution in [0.2, 0.25) is 0 Å². The number of benzene rings is 3. The van der Waals surface area contributed by atoms with Gasteiger partial charge in [0.05, 0.1) is 6.16 Å². The zero-order chi connectivity index (χ0) is 27.1. The maximum absolute atomic E-state index is 9.00. The van der Waals surface area contributed by atoms with Crippen molar-refractivity contribution in [3.8, 4) is 0 Å². The van der Waals surface area contributed by atoms with Gasteiger partial charge in [-0.2, -0.15) is 0 Å². The van der Waals surface area contributed by atoms with Crippen LogP contribution in [0.1, 0.15) is 41.5 Å². The monoisotopic (exact) mass is 509 g/mol. The van der Waals surface area contributed by atoms with Gasteiger partial charge in [-0.15, -0.1) is 0 Å². The second-order valence-electron chi connectivity index (χ2n) is 8.98. The summed E-state index contributed by atoms with van der Waals surface area (Å²) in [6.45, 7) is 12.4. The van der Waals surface area contributed by atoms with Crippen LogP contribution < -0.4 is 21.0 Å². The van der Waals surface area contributed by atoms with E-state index in [4.69, 9.17) is 19.8 Å². The van der Waals surface area contributed by atoms with Crippen molar-refractivity contribution in [3.05, 3.63) is 91.0 Å². The Morgan fingerprint density at radius 3 is 1.19 bits per heavy atom. The summed E-state index contributed by atoms with van der Waals surface area (Å²) in [5, 5.41) is 20.7. The van der Waals surface area contributed by atoms with Crippen LogP contribution in [0.3, 0.4) is 0 Å². The zero-order valence-electron chi connectivity index (χ0n) is 22.3. The SMILES string of the molecule is CC(=O)O.CC(=O)[O-].CC(C)N(CC[P+](c1ccccc1)(c1ccccc1)c1ccccc1)C(C)C. The Labute approximate surface area is 217 Å². The molecule has 3 aromatic rings. The van der Waals surface area contributed by atoms with Gasteiger partial charge in [0, 0.05) is 31.5 Å². The minimum atomic E-state index is -1.73. The molecule has 3 aromatic carbocycles. The molecule has 0 heterocycles. The van der Waals surface area contributed by atoms with Gasteiger partial charge in [0.15, 0.2) is 0 Å². The number of rotatable bonds is 8. The molecule has 0 aliphatic heterocycles. The van der Waals surface area contributed by atoms with E-state index in [0.717, 1.165) is 26.6 Å². The van der Waals surface area contributed by atoms with E-state index in [-0.39, 0.29) is 0 Å². The zero-order valence-corrected chi connectivity index (χ0v) is 23.2. The van der Waals surface area contributed by atoms with Crippen LogP contribution in [-0.2, 0) is 9.59 Å². The summed E-state index contributed by atoms with van der Waals surface area (Å²) in [6, 6.07) is 34.6. The highest BCUT2D eigenvalue weighted by atomic mass is 31.2. The molecule has 6 heteroatoms. The van der Waals surface area contributed by atoms with Crippen LogP contribution in [0.5, 0.6) is 0 Å². The fourth-order valence-corrected chi connectivity index (χ4v) is 8.50. The number of carboxylic acid groups (broad SMARTS) is 2. The largest absolute Gasteiger partial charge is 0.550 e. The molecule has 0 spiro atoms. The normalized spacial score (nSPS) is 10.8. The number of carbonyl (C=O) groups is 2. The van der Waals surface area contributed by atoms with Crippen molar-refractivity contribution >= 4 is 35.1 Å². The first kappa shape index (κ1) is 31.0. The molecule has 3 rings (SSSR count). The van der Waals surface area contributed by atoms with E-state index in [1.807, 2.05) is 0 Å². The molecule has 0 saturated heterocycles. The molecule has 1 N–H and O–H groups in total. The summed E-state index contributed by atoms with van der Waals surface area (Å²) in [7, 11) is -1.73. The second kappa shape index (κ2) is 15.9. The summed E-state index contributed by atoms with van der Waals surface area (Å²) in [5.74, 6) is -1.92. The Hall–Kier alpha value is -3.01. The predicted molar refractivity (Wildman–Crippen MR) is 151 cm³/mol. The topological polar surface area (TPSA) is 80.7 Å². The maximum atomic E-state index is 9.00. The Morgan fingerprint density at radius 2 is 0.972 bits per heavy atom. The van der Waals surface area contributed by atoms with Crippen LogP contribution in [0.4, 0.5) is 0 Å². The Morgan fingerprint density at radius 1 is 0.722 bits per heavy atom. The average Bonchev–Trinajstić information content (AvgIpc) is 2.82. The van der Waals surface area contributed by atoms with E-state index in [9.17, 15) is 0 Å². The van der Waals surface area contributed by atoms with Gasteiger partial charge in [0.1, 0.15) is 23.2 Å². The lowest BCUT2D eigenvalue weighted by atomic mass is 10.2. The molecule has 0 radical (unpaired) electrons. The molecule has 0 fully saturated rings. The third-order valence-corrected chi connectivity index (χ3v) is 10.0. The van der Waals surface area contributed by atoms with Crippen molar-refractivity contribution in [2.75, 3.05) is 12.7 Å². The molecule has 194 valence electrons. The first-order chi connectivity index (χ1) is 17.0. The van der Waals surface area contributed by atoms with Crippen molar-refractivity contribution in [2.24, 2.45) is 0 Å². The Balaban J connectivity index is 0.000000709. The minimum absolute atomic E-state index is 0.546. The molecule has 0 aliphatic carbocycles. The van der Waals surface area contributed by atoms with Crippen LogP contribution in [0.25, 0.3) is 0 Å². The highest BCUT2D eigenvalue weighted by molar-refractivity contribution is 7.95. The minimum Gasteiger partial charge on any atom is -0.550 e. The van der Waals surface area contributed by atoms with Gasteiger partial charge < -0.3 is 15.0 Å². The Bertz CT molecular complexity index is 900. The van der Waals surface area contributed by atoms with Gasteiger partial charge in [0.25, 0.3) is 5.97 Å². The summed E-state index contributed by atoms with van der Waals surface area (Å²) in [5.41, 5.74) is 0. The van der Waals surface area contributed by atoms with Gasteiger partial charge in [0.2, 0.25) is 0 Å². The van der Waals surface area contributed by atoms with Crippen molar-refractivity contribution in [2.45, 2.75) is 53.6 Å². The van der Waals surface area contributed by atoms with E-state index in [0.29, 0.717) is 12.1 Å². The third kappa shape index (κ3) is 9.93. The van der Waals surface area contributed by atoms with E-state index in [1.165, 1.54) is 15.9 Å². The number of carboxylic acids is 2. The van der Waals surface area contributed by atoms with E-state index >= 15 is 0 Å². The van der Waals surface area contributed by atoms with E-state index in [2.05, 4.69) is 124 Å². The second-order valence-corrected chi connectivity index (χ2v) is 12.6. The molecule has 0 aliphatic rings. The molecule has 5 nitrogen and oxygen atoms in total. The predicted octanol–water partition coefficient (Wildman–Crippen LogP) is 3.95. The number of hydrogen-bond acceptors (Lipinski definition) is 4. The highest BCUT2D eigenvalue weighted by Gasteiger charge is 2.45. The number of nitrogens with zero attached hydrogens (tertiary/aromatic N) is 1. The first-order valence-corrected chi connectivity index (χ1v) is 14.2.